The maximum absolute atomic E-state index is 14.5. The van der Waals surface area contributed by atoms with E-state index in [0.717, 1.165) is 42.5 Å². The molecule has 2 saturated heterocycles. The van der Waals surface area contributed by atoms with E-state index in [-0.39, 0.29) is 44.6 Å². The van der Waals surface area contributed by atoms with E-state index in [0.29, 0.717) is 24.3 Å². The van der Waals surface area contributed by atoms with E-state index < -0.39 is 90.6 Å². The third-order valence-electron chi connectivity index (χ3n) is 9.08. The van der Waals surface area contributed by atoms with Gasteiger partial charge in [0.05, 0.1) is 17.0 Å². The van der Waals surface area contributed by atoms with E-state index in [1.165, 1.54) is 4.90 Å². The van der Waals surface area contributed by atoms with Crippen LogP contribution < -0.4 is 5.73 Å². The van der Waals surface area contributed by atoms with Crippen LogP contribution in [0.4, 0.5) is 39.5 Å². The van der Waals surface area contributed by atoms with Gasteiger partial charge in [0.15, 0.2) is 9.84 Å². The van der Waals surface area contributed by atoms with Gasteiger partial charge in [-0.1, -0.05) is 30.3 Å². The Morgan fingerprint density at radius 1 is 0.837 bits per heavy atom. The molecule has 0 radical (unpaired) electrons. The summed E-state index contributed by atoms with van der Waals surface area (Å²) in [6.45, 7) is -2.25. The first kappa shape index (κ1) is 36.6. The molecule has 0 bridgehead atoms. The molecule has 2 aliphatic heterocycles. The highest BCUT2D eigenvalue weighted by Crippen LogP contribution is 2.54. The summed E-state index contributed by atoms with van der Waals surface area (Å²) in [6, 6.07) is 7.92. The molecule has 49 heavy (non-hydrogen) atoms. The number of alkyl halides is 6. The molecule has 2 aliphatic rings. The second-order valence-corrected chi connectivity index (χ2v) is 14.2. The second kappa shape index (κ2) is 12.9. The Labute approximate surface area is 274 Å². The summed E-state index contributed by atoms with van der Waals surface area (Å²) in [7, 11) is -4.63. The van der Waals surface area contributed by atoms with Crippen LogP contribution in [-0.4, -0.2) is 63.4 Å². The number of carbonyl (C=O) groups excluding carboxylic acids is 1. The van der Waals surface area contributed by atoms with Crippen molar-refractivity contribution in [2.45, 2.75) is 59.0 Å². The zero-order chi connectivity index (χ0) is 36.0. The minimum absolute atomic E-state index is 0.114. The lowest BCUT2D eigenvalue weighted by molar-refractivity contribution is -0.392. The van der Waals surface area contributed by atoms with Gasteiger partial charge in [-0.05, 0) is 61.2 Å². The van der Waals surface area contributed by atoms with Crippen LogP contribution in [0.15, 0.2) is 71.6 Å². The van der Waals surface area contributed by atoms with Crippen molar-refractivity contribution < 1.29 is 62.2 Å². The first-order valence-corrected chi connectivity index (χ1v) is 16.2. The van der Waals surface area contributed by atoms with Crippen LogP contribution in [-0.2, 0) is 41.1 Å². The summed E-state index contributed by atoms with van der Waals surface area (Å²) in [5.41, 5.74) is -3.20. The van der Waals surface area contributed by atoms with E-state index in [9.17, 15) is 52.7 Å². The van der Waals surface area contributed by atoms with Crippen LogP contribution in [0.1, 0.15) is 36.0 Å². The predicted molar refractivity (Wildman–Crippen MR) is 155 cm³/mol. The van der Waals surface area contributed by atoms with Crippen LogP contribution in [0, 0.1) is 17.5 Å². The average molecular weight is 725 g/mol. The lowest BCUT2D eigenvalue weighted by Crippen LogP contribution is -2.58. The van der Waals surface area contributed by atoms with Gasteiger partial charge in [-0.25, -0.2) is 21.6 Å². The van der Waals surface area contributed by atoms with Gasteiger partial charge in [-0.2, -0.15) is 26.3 Å². The van der Waals surface area contributed by atoms with E-state index in [1.807, 2.05) is 0 Å². The minimum Gasteiger partial charge on any atom is -0.381 e. The van der Waals surface area contributed by atoms with Crippen molar-refractivity contribution in [3.05, 3.63) is 101 Å². The summed E-state index contributed by atoms with van der Waals surface area (Å²) in [5, 5.41) is 0. The molecule has 5 rings (SSSR count). The fourth-order valence-corrected chi connectivity index (χ4v) is 8.34. The van der Waals surface area contributed by atoms with E-state index >= 15 is 0 Å². The largest absolute Gasteiger partial charge is 0.430 e. The lowest BCUT2D eigenvalue weighted by atomic mass is 9.88. The highest BCUT2D eigenvalue weighted by atomic mass is 32.2. The van der Waals surface area contributed by atoms with Crippen molar-refractivity contribution in [3.8, 4) is 0 Å². The number of benzene rings is 3. The zero-order valence-corrected chi connectivity index (χ0v) is 26.2. The molecular formula is C32H29F9N2O5S. The summed E-state index contributed by atoms with van der Waals surface area (Å²) in [4.78, 5) is 14.3. The SMILES string of the molecule is NC1(C(=O)N2CC[C@](c3ccc(C(OCc4c(F)cccc4F)(C(F)(F)F)C(F)(F)F)cc3)(S(=O)(=O)c3ccc(F)cc3)C2)CCOCC1. The van der Waals surface area contributed by atoms with Crippen molar-refractivity contribution >= 4 is 15.7 Å². The molecule has 0 aliphatic carbocycles. The Morgan fingerprint density at radius 2 is 1.39 bits per heavy atom. The van der Waals surface area contributed by atoms with Gasteiger partial charge in [0, 0.05) is 37.4 Å². The highest BCUT2D eigenvalue weighted by molar-refractivity contribution is 7.92. The van der Waals surface area contributed by atoms with Gasteiger partial charge in [0.25, 0.3) is 5.60 Å². The number of rotatable bonds is 8. The molecule has 266 valence electrons. The number of ether oxygens (including phenoxy) is 2. The van der Waals surface area contributed by atoms with Gasteiger partial charge >= 0.3 is 12.4 Å². The van der Waals surface area contributed by atoms with Crippen molar-refractivity contribution in [3.63, 3.8) is 0 Å². The first-order chi connectivity index (χ1) is 22.8. The molecule has 2 N–H and O–H groups in total. The fraction of sp³-hybridized carbons (Fsp3) is 0.406. The molecule has 0 aromatic heterocycles. The van der Waals surface area contributed by atoms with Gasteiger partial charge in [-0.15, -0.1) is 0 Å². The summed E-state index contributed by atoms with van der Waals surface area (Å²) < 4.78 is 165. The van der Waals surface area contributed by atoms with E-state index in [4.69, 9.17) is 10.5 Å². The third-order valence-corrected chi connectivity index (χ3v) is 11.6. The summed E-state index contributed by atoms with van der Waals surface area (Å²) in [5.74, 6) is -4.29. The molecule has 7 nitrogen and oxygen atoms in total. The van der Waals surface area contributed by atoms with Crippen LogP contribution in [0.2, 0.25) is 0 Å². The number of likely N-dealkylation sites (tertiary alicyclic amines) is 1. The summed E-state index contributed by atoms with van der Waals surface area (Å²) >= 11 is 0. The van der Waals surface area contributed by atoms with Crippen molar-refractivity contribution in [2.24, 2.45) is 5.73 Å². The Balaban J connectivity index is 1.61. The quantitative estimate of drug-likeness (QED) is 0.225. The Bertz CT molecular complexity index is 1760. The normalized spacial score (nSPS) is 20.4. The molecule has 3 aromatic carbocycles. The van der Waals surface area contributed by atoms with Crippen LogP contribution in [0.5, 0.6) is 0 Å². The Morgan fingerprint density at radius 3 is 1.92 bits per heavy atom. The Kier molecular flexibility index (Phi) is 9.64. The molecule has 2 fully saturated rings. The number of hydrogen-bond donors (Lipinski definition) is 1. The van der Waals surface area contributed by atoms with Crippen molar-refractivity contribution in [2.75, 3.05) is 26.3 Å². The molecule has 17 heteroatoms. The number of halogens is 9. The van der Waals surface area contributed by atoms with Gasteiger partial charge < -0.3 is 20.1 Å². The standard InChI is InChI=1S/C32H29F9N2O5S/c33-22-8-10-23(11-9-22)49(45,46)29(12-15-43(19-29)27(44)28(42)13-16-47-17-14-28)20-4-6-21(7-5-20)30(31(36,37)38,32(39,40)41)48-18-24-25(34)2-1-3-26(24)35/h1-11H,12-19,42H2/t29-/m0/s1. The lowest BCUT2D eigenvalue weighted by Gasteiger charge is -2.38. The number of carbonyl (C=O) groups is 1. The molecule has 0 unspecified atom stereocenters. The minimum atomic E-state index is -6.23. The van der Waals surface area contributed by atoms with Gasteiger partial charge in [0.2, 0.25) is 5.91 Å². The molecule has 1 amide bonds. The second-order valence-electron chi connectivity index (χ2n) is 11.9. The van der Waals surface area contributed by atoms with Crippen molar-refractivity contribution in [1.29, 1.82) is 0 Å². The third kappa shape index (κ3) is 6.30. The monoisotopic (exact) mass is 724 g/mol. The number of nitrogens with zero attached hydrogens (tertiary/aromatic N) is 1. The van der Waals surface area contributed by atoms with Gasteiger partial charge in [-0.3, -0.25) is 4.79 Å². The topological polar surface area (TPSA) is 98.9 Å². The number of amides is 1. The maximum atomic E-state index is 14.5. The number of nitrogens with two attached hydrogens (primary N) is 1. The van der Waals surface area contributed by atoms with E-state index in [2.05, 4.69) is 4.74 Å². The molecular weight excluding hydrogens is 695 g/mol. The molecule has 1 atom stereocenters. The predicted octanol–water partition coefficient (Wildman–Crippen LogP) is 6.05. The first-order valence-electron chi connectivity index (χ1n) is 14.8. The molecule has 0 saturated carbocycles. The van der Waals surface area contributed by atoms with Crippen LogP contribution >= 0.6 is 0 Å². The average Bonchev–Trinajstić information content (AvgIpc) is 3.49. The molecule has 3 aromatic rings. The van der Waals surface area contributed by atoms with Gasteiger partial charge in [0.1, 0.15) is 22.2 Å². The smallest absolute Gasteiger partial charge is 0.381 e. The fourth-order valence-electron chi connectivity index (χ4n) is 6.26. The Hall–Kier alpha value is -3.67. The summed E-state index contributed by atoms with van der Waals surface area (Å²) in [6.07, 6.45) is -12.6. The zero-order valence-electron chi connectivity index (χ0n) is 25.4. The molecule has 2 heterocycles. The molecule has 0 spiro atoms. The maximum Gasteiger partial charge on any atom is 0.430 e. The van der Waals surface area contributed by atoms with E-state index in [1.54, 1.807) is 0 Å². The number of hydrogen-bond acceptors (Lipinski definition) is 6. The number of sulfone groups is 1. The van der Waals surface area contributed by atoms with Crippen LogP contribution in [0.3, 0.4) is 0 Å². The van der Waals surface area contributed by atoms with Crippen molar-refractivity contribution in [1.82, 2.24) is 4.90 Å². The highest BCUT2D eigenvalue weighted by Gasteiger charge is 2.73. The van der Waals surface area contributed by atoms with Crippen LogP contribution in [0.25, 0.3) is 0 Å².